The molecule has 1 atom stereocenters. The fraction of sp³-hybridized carbons (Fsp3) is 0.368. The monoisotopic (exact) mass is 278 g/mol. The third-order valence-corrected chi connectivity index (χ3v) is 4.25. The van der Waals surface area contributed by atoms with E-state index in [1.165, 1.54) is 17.5 Å². The fourth-order valence-corrected chi connectivity index (χ4v) is 2.66. The average molecular weight is 278 g/mol. The van der Waals surface area contributed by atoms with Gasteiger partial charge in [-0.05, 0) is 54.2 Å². The Bertz CT molecular complexity index is 777. The maximum atomic E-state index is 4.78. The van der Waals surface area contributed by atoms with E-state index in [9.17, 15) is 0 Å². The lowest BCUT2D eigenvalue weighted by Crippen LogP contribution is -1.98. The molecule has 0 aliphatic carbocycles. The molecule has 0 fully saturated rings. The van der Waals surface area contributed by atoms with E-state index in [2.05, 4.69) is 57.2 Å². The number of hydrogen-bond acceptors (Lipinski definition) is 2. The maximum absolute atomic E-state index is 4.78. The van der Waals surface area contributed by atoms with E-state index in [4.69, 9.17) is 9.97 Å². The van der Waals surface area contributed by atoms with Gasteiger partial charge < -0.3 is 0 Å². The summed E-state index contributed by atoms with van der Waals surface area (Å²) in [6.07, 6.45) is 3.35. The van der Waals surface area contributed by atoms with Gasteiger partial charge in [0.1, 0.15) is 0 Å². The van der Waals surface area contributed by atoms with Crippen LogP contribution < -0.4 is 0 Å². The topological polar surface area (TPSA) is 25.8 Å². The smallest absolute Gasteiger partial charge is 0.0897 e. The number of nitrogens with zero attached hydrogens (tertiary/aromatic N) is 2. The molecule has 0 amide bonds. The van der Waals surface area contributed by atoms with Crippen molar-refractivity contribution in [3.63, 3.8) is 0 Å². The van der Waals surface area contributed by atoms with Crippen molar-refractivity contribution in [1.29, 1.82) is 0 Å². The summed E-state index contributed by atoms with van der Waals surface area (Å²) in [4.78, 5) is 9.55. The van der Waals surface area contributed by atoms with Gasteiger partial charge in [-0.25, -0.2) is 9.97 Å². The third-order valence-electron chi connectivity index (χ3n) is 4.25. The van der Waals surface area contributed by atoms with Gasteiger partial charge in [-0.2, -0.15) is 0 Å². The van der Waals surface area contributed by atoms with Crippen molar-refractivity contribution < 1.29 is 0 Å². The van der Waals surface area contributed by atoms with Crippen LogP contribution in [0.2, 0.25) is 0 Å². The highest BCUT2D eigenvalue weighted by molar-refractivity contribution is 5.86. The molecule has 1 unspecified atom stereocenters. The van der Waals surface area contributed by atoms with Gasteiger partial charge in [-0.1, -0.05) is 39.3 Å². The molecule has 0 aliphatic heterocycles. The minimum absolute atomic E-state index is 0.711. The van der Waals surface area contributed by atoms with Crippen LogP contribution in [0.1, 0.15) is 38.3 Å². The summed E-state index contributed by atoms with van der Waals surface area (Å²) in [5.41, 5.74) is 6.65. The Morgan fingerprint density at radius 1 is 0.810 bits per heavy atom. The number of aryl methyl sites for hydroxylation is 1. The number of aromatic nitrogens is 2. The number of benzene rings is 2. The van der Waals surface area contributed by atoms with Crippen LogP contribution in [0.15, 0.2) is 36.4 Å². The molecular formula is C19H22N2. The van der Waals surface area contributed by atoms with Crippen LogP contribution >= 0.6 is 0 Å². The normalized spacial score (nSPS) is 12.9. The molecule has 0 aliphatic rings. The Labute approximate surface area is 126 Å². The molecule has 0 saturated carbocycles. The largest absolute Gasteiger partial charge is 0.244 e. The van der Waals surface area contributed by atoms with Gasteiger partial charge in [0.25, 0.3) is 0 Å². The van der Waals surface area contributed by atoms with Crippen molar-refractivity contribution in [3.8, 4) is 0 Å². The highest BCUT2D eigenvalue weighted by Crippen LogP contribution is 2.20. The molecule has 3 aromatic rings. The van der Waals surface area contributed by atoms with Crippen LogP contribution in [-0.4, -0.2) is 9.97 Å². The number of rotatable bonds is 4. The predicted molar refractivity (Wildman–Crippen MR) is 89.6 cm³/mol. The van der Waals surface area contributed by atoms with E-state index < -0.39 is 0 Å². The van der Waals surface area contributed by atoms with Gasteiger partial charge >= 0.3 is 0 Å². The molecule has 0 spiro atoms. The highest BCUT2D eigenvalue weighted by Gasteiger charge is 2.06. The molecule has 0 bridgehead atoms. The molecule has 21 heavy (non-hydrogen) atoms. The Balaban J connectivity index is 2.07. The zero-order chi connectivity index (χ0) is 14.8. The lowest BCUT2D eigenvalue weighted by molar-refractivity contribution is 0.560. The first kappa shape index (κ1) is 14.0. The van der Waals surface area contributed by atoms with Crippen LogP contribution in [0.5, 0.6) is 0 Å². The van der Waals surface area contributed by atoms with Crippen LogP contribution in [0.3, 0.4) is 0 Å². The lowest BCUT2D eigenvalue weighted by Gasteiger charge is -2.09. The highest BCUT2D eigenvalue weighted by atomic mass is 14.8. The molecule has 1 aromatic heterocycles. The zero-order valence-corrected chi connectivity index (χ0v) is 13.1. The summed E-state index contributed by atoms with van der Waals surface area (Å²) < 4.78 is 0. The Morgan fingerprint density at radius 2 is 1.38 bits per heavy atom. The summed E-state index contributed by atoms with van der Waals surface area (Å²) in [7, 11) is 0. The SMILES string of the molecule is CCc1ccc2nc3cc(CC(C)CC)ccc3nc2c1. The summed E-state index contributed by atoms with van der Waals surface area (Å²) in [5.74, 6) is 0.711. The Hall–Kier alpha value is -1.96. The van der Waals surface area contributed by atoms with E-state index in [1.807, 2.05) is 0 Å². The van der Waals surface area contributed by atoms with E-state index in [-0.39, 0.29) is 0 Å². The van der Waals surface area contributed by atoms with E-state index >= 15 is 0 Å². The Kier molecular flexibility index (Phi) is 3.87. The second kappa shape index (κ2) is 5.80. The van der Waals surface area contributed by atoms with E-state index in [0.29, 0.717) is 5.92 Å². The van der Waals surface area contributed by atoms with E-state index in [0.717, 1.165) is 34.9 Å². The zero-order valence-electron chi connectivity index (χ0n) is 13.1. The number of fused-ring (bicyclic) bond motifs is 2. The van der Waals surface area contributed by atoms with Crippen LogP contribution in [-0.2, 0) is 12.8 Å². The maximum Gasteiger partial charge on any atom is 0.0897 e. The molecule has 2 heteroatoms. The second-order valence-corrected chi connectivity index (χ2v) is 5.94. The average Bonchev–Trinajstić information content (AvgIpc) is 2.52. The van der Waals surface area contributed by atoms with Crippen molar-refractivity contribution in [1.82, 2.24) is 9.97 Å². The van der Waals surface area contributed by atoms with Crippen molar-refractivity contribution in [2.45, 2.75) is 40.0 Å². The molecular weight excluding hydrogens is 256 g/mol. The molecule has 0 N–H and O–H groups in total. The summed E-state index contributed by atoms with van der Waals surface area (Å²) in [6.45, 7) is 6.70. The minimum atomic E-state index is 0.711. The van der Waals surface area contributed by atoms with Crippen molar-refractivity contribution >= 4 is 22.1 Å². The second-order valence-electron chi connectivity index (χ2n) is 5.94. The Morgan fingerprint density at radius 3 is 1.95 bits per heavy atom. The summed E-state index contributed by atoms with van der Waals surface area (Å²) in [6, 6.07) is 12.9. The standard InChI is InChI=1S/C19H22N2/c1-4-13(3)10-15-7-9-17-19(12-15)21-16-8-6-14(5-2)11-18(16)20-17/h6-9,11-13H,4-5,10H2,1-3H3. The molecule has 0 radical (unpaired) electrons. The predicted octanol–water partition coefficient (Wildman–Crippen LogP) is 4.93. The summed E-state index contributed by atoms with van der Waals surface area (Å²) >= 11 is 0. The van der Waals surface area contributed by atoms with Gasteiger partial charge in [-0.3, -0.25) is 0 Å². The first-order chi connectivity index (χ1) is 10.2. The van der Waals surface area contributed by atoms with Crippen molar-refractivity contribution in [2.24, 2.45) is 5.92 Å². The van der Waals surface area contributed by atoms with Crippen LogP contribution in [0.4, 0.5) is 0 Å². The molecule has 2 nitrogen and oxygen atoms in total. The van der Waals surface area contributed by atoms with Gasteiger partial charge in [0, 0.05) is 0 Å². The van der Waals surface area contributed by atoms with E-state index in [1.54, 1.807) is 0 Å². The summed E-state index contributed by atoms with van der Waals surface area (Å²) in [5, 5.41) is 0. The number of hydrogen-bond donors (Lipinski definition) is 0. The van der Waals surface area contributed by atoms with Crippen LogP contribution in [0.25, 0.3) is 22.1 Å². The quantitative estimate of drug-likeness (QED) is 0.632. The molecule has 1 heterocycles. The van der Waals surface area contributed by atoms with Gasteiger partial charge in [0.2, 0.25) is 0 Å². The van der Waals surface area contributed by atoms with Gasteiger partial charge in [0.15, 0.2) is 0 Å². The van der Waals surface area contributed by atoms with Crippen molar-refractivity contribution in [3.05, 3.63) is 47.5 Å². The molecule has 2 aromatic carbocycles. The fourth-order valence-electron chi connectivity index (χ4n) is 2.66. The van der Waals surface area contributed by atoms with Gasteiger partial charge in [-0.15, -0.1) is 0 Å². The first-order valence-electron chi connectivity index (χ1n) is 7.89. The van der Waals surface area contributed by atoms with Crippen LogP contribution in [0, 0.1) is 5.92 Å². The van der Waals surface area contributed by atoms with Gasteiger partial charge in [0.05, 0.1) is 22.1 Å². The third kappa shape index (κ3) is 2.90. The lowest BCUT2D eigenvalue weighted by atomic mass is 9.98. The minimum Gasteiger partial charge on any atom is -0.244 e. The molecule has 108 valence electrons. The first-order valence-corrected chi connectivity index (χ1v) is 7.89. The molecule has 3 rings (SSSR count). The van der Waals surface area contributed by atoms with Crippen molar-refractivity contribution in [2.75, 3.05) is 0 Å². The molecule has 0 saturated heterocycles.